The van der Waals surface area contributed by atoms with E-state index in [1.807, 2.05) is 60.7 Å². The predicted octanol–water partition coefficient (Wildman–Crippen LogP) is 4.12. The van der Waals surface area contributed by atoms with Gasteiger partial charge in [-0.1, -0.05) is 48.5 Å². The van der Waals surface area contributed by atoms with Gasteiger partial charge in [0.15, 0.2) is 0 Å². The van der Waals surface area contributed by atoms with Crippen LogP contribution in [-0.2, 0) is 11.3 Å². The van der Waals surface area contributed by atoms with Gasteiger partial charge in [0.1, 0.15) is 23.0 Å². The molecule has 3 aromatic rings. The Morgan fingerprint density at radius 3 is 2.56 bits per heavy atom. The van der Waals surface area contributed by atoms with Gasteiger partial charge in [-0.3, -0.25) is 9.69 Å². The van der Waals surface area contributed by atoms with Crippen LogP contribution in [0.15, 0.2) is 88.1 Å². The highest BCUT2D eigenvalue weighted by Crippen LogP contribution is 2.27. The molecule has 0 radical (unpaired) electrons. The lowest BCUT2D eigenvalue weighted by Gasteiger charge is -2.17. The zero-order valence-electron chi connectivity index (χ0n) is 14.8. The number of hydrogen-bond donors (Lipinski definition) is 0. The number of benzene rings is 2. The number of ether oxygens (including phenoxy) is 1. The van der Waals surface area contributed by atoms with Crippen molar-refractivity contribution in [1.29, 1.82) is 0 Å². The van der Waals surface area contributed by atoms with E-state index in [4.69, 9.17) is 9.15 Å². The number of furan rings is 1. The number of nitrogens with zero attached hydrogens (tertiary/aromatic N) is 2. The minimum atomic E-state index is -0.170. The Morgan fingerprint density at radius 1 is 1.04 bits per heavy atom. The zero-order valence-corrected chi connectivity index (χ0v) is 14.8. The molecule has 2 heterocycles. The molecule has 2 aromatic carbocycles. The molecule has 0 atom stereocenters. The standard InChI is InChI=1S/C22H18N2O3/c1-26-20-12-6-5-10-17(20)14-19-22(25)24(15-18-11-7-13-27-18)21(23-19)16-8-3-2-4-9-16/h2-14H,15H2,1H3/b19-14-. The van der Waals surface area contributed by atoms with Crippen molar-refractivity contribution in [3.05, 3.63) is 95.6 Å². The van der Waals surface area contributed by atoms with Crippen LogP contribution in [0.5, 0.6) is 5.75 Å². The highest BCUT2D eigenvalue weighted by Gasteiger charge is 2.31. The average Bonchev–Trinajstić information content (AvgIpc) is 3.33. The fourth-order valence-corrected chi connectivity index (χ4v) is 3.00. The summed E-state index contributed by atoms with van der Waals surface area (Å²) < 4.78 is 10.8. The summed E-state index contributed by atoms with van der Waals surface area (Å²) in [6.07, 6.45) is 3.35. The van der Waals surface area contributed by atoms with E-state index in [-0.39, 0.29) is 5.91 Å². The van der Waals surface area contributed by atoms with Crippen LogP contribution < -0.4 is 4.74 Å². The van der Waals surface area contributed by atoms with Crippen LogP contribution in [-0.4, -0.2) is 23.8 Å². The highest BCUT2D eigenvalue weighted by atomic mass is 16.5. The van der Waals surface area contributed by atoms with Crippen LogP contribution >= 0.6 is 0 Å². The summed E-state index contributed by atoms with van der Waals surface area (Å²) in [5, 5.41) is 0. The van der Waals surface area contributed by atoms with Crippen molar-refractivity contribution in [3.63, 3.8) is 0 Å². The van der Waals surface area contributed by atoms with E-state index in [1.54, 1.807) is 30.4 Å². The molecular weight excluding hydrogens is 340 g/mol. The molecule has 0 fully saturated rings. The van der Waals surface area contributed by atoms with E-state index >= 15 is 0 Å². The lowest BCUT2D eigenvalue weighted by atomic mass is 10.1. The van der Waals surface area contributed by atoms with Gasteiger partial charge in [-0.05, 0) is 24.3 Å². The first-order valence-corrected chi connectivity index (χ1v) is 8.59. The van der Waals surface area contributed by atoms with Gasteiger partial charge in [0, 0.05) is 11.1 Å². The molecule has 0 saturated carbocycles. The predicted molar refractivity (Wildman–Crippen MR) is 103 cm³/mol. The molecule has 5 heteroatoms. The first-order chi connectivity index (χ1) is 13.3. The second-order valence-electron chi connectivity index (χ2n) is 6.04. The lowest BCUT2D eigenvalue weighted by molar-refractivity contribution is -0.123. The number of rotatable bonds is 5. The molecule has 0 bridgehead atoms. The van der Waals surface area contributed by atoms with Crippen LogP contribution in [0.25, 0.3) is 6.08 Å². The number of carbonyl (C=O) groups is 1. The number of aliphatic imine (C=N–C) groups is 1. The largest absolute Gasteiger partial charge is 0.496 e. The molecule has 1 amide bonds. The fraction of sp³-hybridized carbons (Fsp3) is 0.0909. The van der Waals surface area contributed by atoms with Crippen LogP contribution in [0.2, 0.25) is 0 Å². The molecule has 1 aliphatic heterocycles. The van der Waals surface area contributed by atoms with Gasteiger partial charge >= 0.3 is 0 Å². The minimum absolute atomic E-state index is 0.170. The molecule has 0 unspecified atom stereocenters. The third-order valence-electron chi connectivity index (χ3n) is 4.30. The maximum Gasteiger partial charge on any atom is 0.278 e. The van der Waals surface area contributed by atoms with Crippen molar-refractivity contribution in [2.45, 2.75) is 6.54 Å². The molecule has 0 N–H and O–H groups in total. The van der Waals surface area contributed by atoms with Gasteiger partial charge in [-0.2, -0.15) is 0 Å². The van der Waals surface area contributed by atoms with E-state index in [0.29, 0.717) is 29.6 Å². The minimum Gasteiger partial charge on any atom is -0.496 e. The first kappa shape index (κ1) is 16.8. The SMILES string of the molecule is COc1ccccc1/C=C1\N=C(c2ccccc2)N(Cc2ccco2)C1=O. The Morgan fingerprint density at radius 2 is 1.81 bits per heavy atom. The van der Waals surface area contributed by atoms with Crippen molar-refractivity contribution in [2.75, 3.05) is 7.11 Å². The molecule has 134 valence electrons. The number of methoxy groups -OCH3 is 1. The van der Waals surface area contributed by atoms with Crippen LogP contribution in [0, 0.1) is 0 Å². The molecular formula is C22H18N2O3. The third kappa shape index (κ3) is 3.40. The number of para-hydroxylation sites is 1. The summed E-state index contributed by atoms with van der Waals surface area (Å²) in [6.45, 7) is 0.322. The molecule has 0 spiro atoms. The van der Waals surface area contributed by atoms with Crippen molar-refractivity contribution >= 4 is 17.8 Å². The van der Waals surface area contributed by atoms with E-state index in [2.05, 4.69) is 4.99 Å². The van der Waals surface area contributed by atoms with Crippen molar-refractivity contribution in [1.82, 2.24) is 4.90 Å². The summed E-state index contributed by atoms with van der Waals surface area (Å²) >= 11 is 0. The van der Waals surface area contributed by atoms with Crippen molar-refractivity contribution in [2.24, 2.45) is 4.99 Å². The molecule has 0 saturated heterocycles. The zero-order chi connectivity index (χ0) is 18.6. The van der Waals surface area contributed by atoms with E-state index < -0.39 is 0 Å². The molecule has 4 rings (SSSR count). The number of hydrogen-bond acceptors (Lipinski definition) is 4. The Bertz CT molecular complexity index is 1010. The summed E-state index contributed by atoms with van der Waals surface area (Å²) in [7, 11) is 1.61. The Labute approximate surface area is 157 Å². The molecule has 1 aromatic heterocycles. The quantitative estimate of drug-likeness (QED) is 0.645. The first-order valence-electron chi connectivity index (χ1n) is 8.59. The third-order valence-corrected chi connectivity index (χ3v) is 4.30. The molecule has 0 aliphatic carbocycles. The van der Waals surface area contributed by atoms with Crippen molar-refractivity contribution in [3.8, 4) is 5.75 Å². The summed E-state index contributed by atoms with van der Waals surface area (Å²) in [5.74, 6) is 1.83. The average molecular weight is 358 g/mol. The second kappa shape index (κ2) is 7.33. The van der Waals surface area contributed by atoms with E-state index in [0.717, 1.165) is 11.1 Å². The maximum atomic E-state index is 13.1. The highest BCUT2D eigenvalue weighted by molar-refractivity contribution is 6.19. The molecule has 5 nitrogen and oxygen atoms in total. The van der Waals surface area contributed by atoms with Gasteiger partial charge < -0.3 is 9.15 Å². The van der Waals surface area contributed by atoms with Crippen LogP contribution in [0.3, 0.4) is 0 Å². The Balaban J connectivity index is 1.76. The topological polar surface area (TPSA) is 55.0 Å². The number of amidine groups is 1. The number of amides is 1. The van der Waals surface area contributed by atoms with Crippen LogP contribution in [0.1, 0.15) is 16.9 Å². The lowest BCUT2D eigenvalue weighted by Crippen LogP contribution is -2.32. The van der Waals surface area contributed by atoms with Crippen molar-refractivity contribution < 1.29 is 13.9 Å². The van der Waals surface area contributed by atoms with E-state index in [1.165, 1.54) is 0 Å². The van der Waals surface area contributed by atoms with Gasteiger partial charge in [0.05, 0.1) is 19.9 Å². The normalized spacial score (nSPS) is 15.3. The van der Waals surface area contributed by atoms with E-state index in [9.17, 15) is 4.79 Å². The van der Waals surface area contributed by atoms with Gasteiger partial charge in [-0.25, -0.2) is 4.99 Å². The maximum absolute atomic E-state index is 13.1. The Kier molecular flexibility index (Phi) is 4.58. The number of carbonyl (C=O) groups excluding carboxylic acids is 1. The summed E-state index contributed by atoms with van der Waals surface area (Å²) in [4.78, 5) is 19.3. The fourth-order valence-electron chi connectivity index (χ4n) is 3.00. The summed E-state index contributed by atoms with van der Waals surface area (Å²) in [6, 6.07) is 20.9. The van der Waals surface area contributed by atoms with Gasteiger partial charge in [0.2, 0.25) is 0 Å². The molecule has 1 aliphatic rings. The van der Waals surface area contributed by atoms with Gasteiger partial charge in [-0.15, -0.1) is 0 Å². The van der Waals surface area contributed by atoms with Gasteiger partial charge in [0.25, 0.3) is 5.91 Å². The molecule has 27 heavy (non-hydrogen) atoms. The monoisotopic (exact) mass is 358 g/mol. The van der Waals surface area contributed by atoms with Crippen LogP contribution in [0.4, 0.5) is 0 Å². The second-order valence-corrected chi connectivity index (χ2v) is 6.04. The summed E-state index contributed by atoms with van der Waals surface area (Å²) in [5.41, 5.74) is 2.05. The smallest absolute Gasteiger partial charge is 0.278 e. The Hall–Kier alpha value is -3.60.